The quantitative estimate of drug-likeness (QED) is 0.873. The summed E-state index contributed by atoms with van der Waals surface area (Å²) in [4.78, 5) is 16.0. The fourth-order valence-corrected chi connectivity index (χ4v) is 2.75. The zero-order chi connectivity index (χ0) is 16.0. The third-order valence-corrected chi connectivity index (χ3v) is 3.78. The maximum atomic E-state index is 11.8. The van der Waals surface area contributed by atoms with Gasteiger partial charge in [-0.3, -0.25) is 0 Å². The van der Waals surface area contributed by atoms with E-state index in [1.807, 2.05) is 45.8 Å². The molecule has 1 aromatic heterocycles. The van der Waals surface area contributed by atoms with Crippen LogP contribution in [-0.2, 0) is 11.3 Å². The second-order valence-electron chi connectivity index (χ2n) is 6.40. The minimum Gasteiger partial charge on any atom is -0.444 e. The number of hydrogen-bond donors (Lipinski definition) is 1. The molecule has 1 heterocycles. The zero-order valence-corrected chi connectivity index (χ0v) is 14.7. The Morgan fingerprint density at radius 3 is 2.71 bits per heavy atom. The Morgan fingerprint density at radius 2 is 2.14 bits per heavy atom. The highest BCUT2D eigenvalue weighted by Crippen LogP contribution is 2.16. The summed E-state index contributed by atoms with van der Waals surface area (Å²) in [5, 5.41) is 2.86. The summed E-state index contributed by atoms with van der Waals surface area (Å²) >= 11 is 1.84. The highest BCUT2D eigenvalue weighted by atomic mass is 32.2. The van der Waals surface area contributed by atoms with E-state index < -0.39 is 11.7 Å². The van der Waals surface area contributed by atoms with Crippen LogP contribution < -0.4 is 5.32 Å². The van der Waals surface area contributed by atoms with E-state index in [-0.39, 0.29) is 6.04 Å². The minimum atomic E-state index is -0.489. The van der Waals surface area contributed by atoms with Crippen molar-refractivity contribution in [2.24, 2.45) is 5.92 Å². The monoisotopic (exact) mass is 313 g/mol. The SMILES string of the molecule is CSCC(C)Cn1cncc1[C@@H](C)NC(=O)OC(C)(C)C. The number of nitrogens with one attached hydrogen (secondary N) is 1. The van der Waals surface area contributed by atoms with Gasteiger partial charge in [-0.25, -0.2) is 9.78 Å². The van der Waals surface area contributed by atoms with Gasteiger partial charge in [0.05, 0.1) is 24.3 Å². The number of hydrogen-bond acceptors (Lipinski definition) is 4. The summed E-state index contributed by atoms with van der Waals surface area (Å²) in [7, 11) is 0. The molecule has 0 aliphatic rings. The molecule has 0 aliphatic heterocycles. The number of alkyl carbamates (subject to hydrolysis) is 1. The number of aromatic nitrogens is 2. The highest BCUT2D eigenvalue weighted by molar-refractivity contribution is 7.98. The maximum absolute atomic E-state index is 11.8. The van der Waals surface area contributed by atoms with Crippen LogP contribution in [0.3, 0.4) is 0 Å². The number of ether oxygens (including phenoxy) is 1. The van der Waals surface area contributed by atoms with Crippen molar-refractivity contribution in [2.45, 2.75) is 52.8 Å². The maximum Gasteiger partial charge on any atom is 0.408 e. The Balaban J connectivity index is 2.64. The van der Waals surface area contributed by atoms with Crippen molar-refractivity contribution >= 4 is 17.9 Å². The van der Waals surface area contributed by atoms with E-state index in [4.69, 9.17) is 4.74 Å². The predicted octanol–water partition coefficient (Wildman–Crippen LogP) is 3.47. The van der Waals surface area contributed by atoms with Crippen LogP contribution in [-0.4, -0.2) is 33.3 Å². The lowest BCUT2D eigenvalue weighted by atomic mass is 10.2. The first-order valence-electron chi connectivity index (χ1n) is 7.21. The molecule has 1 N–H and O–H groups in total. The van der Waals surface area contributed by atoms with Gasteiger partial charge < -0.3 is 14.6 Å². The average molecular weight is 313 g/mol. The van der Waals surface area contributed by atoms with Gasteiger partial charge in [0.1, 0.15) is 5.60 Å². The Hall–Kier alpha value is -1.17. The molecule has 0 saturated carbocycles. The van der Waals surface area contributed by atoms with E-state index in [2.05, 4.69) is 28.0 Å². The number of amides is 1. The van der Waals surface area contributed by atoms with Crippen molar-refractivity contribution in [1.82, 2.24) is 14.9 Å². The minimum absolute atomic E-state index is 0.135. The molecule has 0 radical (unpaired) electrons. The Kier molecular flexibility index (Phi) is 6.58. The topological polar surface area (TPSA) is 56.2 Å². The normalized spacial score (nSPS) is 14.6. The van der Waals surface area contributed by atoms with Crippen molar-refractivity contribution < 1.29 is 9.53 Å². The lowest BCUT2D eigenvalue weighted by Crippen LogP contribution is -2.34. The van der Waals surface area contributed by atoms with Gasteiger partial charge in [0.2, 0.25) is 0 Å². The molecule has 1 unspecified atom stereocenters. The molecule has 0 spiro atoms. The van der Waals surface area contributed by atoms with Gasteiger partial charge >= 0.3 is 6.09 Å². The van der Waals surface area contributed by atoms with E-state index >= 15 is 0 Å². The second-order valence-corrected chi connectivity index (χ2v) is 7.31. The smallest absolute Gasteiger partial charge is 0.408 e. The number of thioether (sulfide) groups is 1. The first kappa shape index (κ1) is 17.9. The molecule has 120 valence electrons. The average Bonchev–Trinajstić information content (AvgIpc) is 2.74. The van der Waals surface area contributed by atoms with E-state index in [1.54, 1.807) is 6.20 Å². The van der Waals surface area contributed by atoms with Crippen LogP contribution in [0.2, 0.25) is 0 Å². The molecule has 0 saturated heterocycles. The zero-order valence-electron chi connectivity index (χ0n) is 13.8. The molecule has 21 heavy (non-hydrogen) atoms. The summed E-state index contributed by atoms with van der Waals surface area (Å²) in [6, 6.07) is -0.135. The van der Waals surface area contributed by atoms with E-state index in [0.717, 1.165) is 18.0 Å². The first-order valence-corrected chi connectivity index (χ1v) is 8.60. The van der Waals surface area contributed by atoms with Crippen molar-refractivity contribution in [1.29, 1.82) is 0 Å². The Morgan fingerprint density at radius 1 is 1.48 bits per heavy atom. The first-order chi connectivity index (χ1) is 9.73. The van der Waals surface area contributed by atoms with Crippen LogP contribution >= 0.6 is 11.8 Å². The van der Waals surface area contributed by atoms with Gasteiger partial charge in [0, 0.05) is 6.54 Å². The van der Waals surface area contributed by atoms with Gasteiger partial charge in [-0.2, -0.15) is 11.8 Å². The standard InChI is InChI=1S/C15H27N3O2S/c1-11(9-21-6)8-18-10-16-7-13(18)12(2)17-14(19)20-15(3,4)5/h7,10-12H,8-9H2,1-6H3,(H,17,19)/t11?,12-/m1/s1. The molecule has 1 rings (SSSR count). The van der Waals surface area contributed by atoms with Crippen LogP contribution in [0.15, 0.2) is 12.5 Å². The van der Waals surface area contributed by atoms with Crippen molar-refractivity contribution in [3.8, 4) is 0 Å². The summed E-state index contributed by atoms with van der Waals surface area (Å²) < 4.78 is 7.38. The fourth-order valence-electron chi connectivity index (χ4n) is 2.08. The van der Waals surface area contributed by atoms with Crippen molar-refractivity contribution in [3.63, 3.8) is 0 Å². The van der Waals surface area contributed by atoms with Crippen LogP contribution in [0.4, 0.5) is 4.79 Å². The van der Waals surface area contributed by atoms with Crippen molar-refractivity contribution in [2.75, 3.05) is 12.0 Å². The molecule has 0 fully saturated rings. The van der Waals surface area contributed by atoms with Gasteiger partial charge in [0.15, 0.2) is 0 Å². The van der Waals surface area contributed by atoms with Crippen LogP contribution in [0.5, 0.6) is 0 Å². The van der Waals surface area contributed by atoms with E-state index in [0.29, 0.717) is 5.92 Å². The molecule has 0 aromatic carbocycles. The number of rotatable bonds is 6. The number of imidazole rings is 1. The molecular weight excluding hydrogens is 286 g/mol. The van der Waals surface area contributed by atoms with Crippen LogP contribution in [0, 0.1) is 5.92 Å². The Labute approximate surface area is 131 Å². The third-order valence-electron chi connectivity index (χ3n) is 2.88. The lowest BCUT2D eigenvalue weighted by molar-refractivity contribution is 0.0506. The van der Waals surface area contributed by atoms with Gasteiger partial charge in [-0.05, 0) is 45.6 Å². The van der Waals surface area contributed by atoms with E-state index in [9.17, 15) is 4.79 Å². The number of carbonyl (C=O) groups excluding carboxylic acids is 1. The van der Waals surface area contributed by atoms with Gasteiger partial charge in [-0.15, -0.1) is 0 Å². The summed E-state index contributed by atoms with van der Waals surface area (Å²) in [5.74, 6) is 1.66. The number of carbonyl (C=O) groups is 1. The Bertz CT molecular complexity index is 454. The van der Waals surface area contributed by atoms with Gasteiger partial charge in [0.25, 0.3) is 0 Å². The highest BCUT2D eigenvalue weighted by Gasteiger charge is 2.20. The summed E-state index contributed by atoms with van der Waals surface area (Å²) in [6.07, 6.45) is 5.32. The number of nitrogens with zero attached hydrogens (tertiary/aromatic N) is 2. The largest absolute Gasteiger partial charge is 0.444 e. The summed E-state index contributed by atoms with van der Waals surface area (Å²) in [5.41, 5.74) is 0.505. The molecule has 6 heteroatoms. The van der Waals surface area contributed by atoms with Crippen LogP contribution in [0.25, 0.3) is 0 Å². The molecule has 5 nitrogen and oxygen atoms in total. The predicted molar refractivity (Wildman–Crippen MR) is 87.6 cm³/mol. The van der Waals surface area contributed by atoms with Crippen LogP contribution in [0.1, 0.15) is 46.4 Å². The second kappa shape index (κ2) is 7.73. The lowest BCUT2D eigenvalue weighted by Gasteiger charge is -2.23. The molecule has 0 bridgehead atoms. The fraction of sp³-hybridized carbons (Fsp3) is 0.733. The molecule has 2 atom stereocenters. The molecule has 0 aliphatic carbocycles. The van der Waals surface area contributed by atoms with Gasteiger partial charge in [-0.1, -0.05) is 6.92 Å². The third kappa shape index (κ3) is 6.42. The molecule has 1 aromatic rings. The van der Waals surface area contributed by atoms with E-state index in [1.165, 1.54) is 0 Å². The molecule has 1 amide bonds. The molecular formula is C15H27N3O2S. The van der Waals surface area contributed by atoms with Crippen molar-refractivity contribution in [3.05, 3.63) is 18.2 Å². The summed E-state index contributed by atoms with van der Waals surface area (Å²) in [6.45, 7) is 10.6.